The van der Waals surface area contributed by atoms with E-state index in [9.17, 15) is 19.5 Å². The number of nitrogens with zero attached hydrogens (tertiary/aromatic N) is 3. The van der Waals surface area contributed by atoms with Gasteiger partial charge in [0.05, 0.1) is 47.9 Å². The maximum atomic E-state index is 14.5. The minimum Gasteiger partial charge on any atom is -0.494 e. The van der Waals surface area contributed by atoms with Crippen LogP contribution >= 0.6 is 11.6 Å². The van der Waals surface area contributed by atoms with E-state index in [4.69, 9.17) is 21.1 Å². The first-order chi connectivity index (χ1) is 20.2. The highest BCUT2D eigenvalue weighted by atomic mass is 35.5. The molecule has 0 radical (unpaired) electrons. The van der Waals surface area contributed by atoms with Crippen molar-refractivity contribution in [3.63, 3.8) is 0 Å². The normalized spacial score (nSPS) is 29.3. The van der Waals surface area contributed by atoms with Gasteiger partial charge in [-0.15, -0.1) is 0 Å². The number of hydrogen-bond donors (Lipinski definition) is 1. The summed E-state index contributed by atoms with van der Waals surface area (Å²) in [6.07, 6.45) is 6.59. The minimum atomic E-state index is -1.40. The number of amides is 3. The van der Waals surface area contributed by atoms with Gasteiger partial charge in [-0.2, -0.15) is 0 Å². The molecule has 2 aromatic rings. The van der Waals surface area contributed by atoms with Gasteiger partial charge in [0.25, 0.3) is 5.91 Å². The molecule has 220 valence electrons. The number of rotatable bonds is 6. The summed E-state index contributed by atoms with van der Waals surface area (Å²) in [6, 6.07) is 10.9. The summed E-state index contributed by atoms with van der Waals surface area (Å²) >= 11 is 6.59. The van der Waals surface area contributed by atoms with Crippen molar-refractivity contribution in [1.82, 2.24) is 4.90 Å². The Kier molecular flexibility index (Phi) is 7.37. The minimum absolute atomic E-state index is 0.213. The molecule has 4 aliphatic heterocycles. The van der Waals surface area contributed by atoms with Crippen molar-refractivity contribution in [2.45, 2.75) is 44.6 Å². The highest BCUT2D eigenvalue weighted by Crippen LogP contribution is 2.54. The van der Waals surface area contributed by atoms with Crippen molar-refractivity contribution in [3.8, 4) is 5.75 Å². The molecule has 1 unspecified atom stereocenters. The zero-order valence-corrected chi connectivity index (χ0v) is 24.5. The van der Waals surface area contributed by atoms with Gasteiger partial charge in [0.2, 0.25) is 11.8 Å². The third-order valence-electron chi connectivity index (χ3n) is 8.75. The molecular formula is C32H34ClN3O6. The van der Waals surface area contributed by atoms with Crippen LogP contribution in [0.2, 0.25) is 5.02 Å². The molecule has 0 saturated carbocycles. The summed E-state index contributed by atoms with van der Waals surface area (Å²) in [7, 11) is 0. The number of hydrogen-bond acceptors (Lipinski definition) is 6. The van der Waals surface area contributed by atoms with Crippen molar-refractivity contribution < 1.29 is 29.0 Å². The standard InChI is InChI=1S/C32H34ClN3O6/c1-4-41-22-13-11-21(12-14-22)34-16-6-10-24-25(29(34)38)26-30(39)36(20(3)18-37)28-31(40)35(17-7-15-32(26,28)42-24)27-19(2)8-5-9-23(27)33/h5-15,20,24-26,28,37H,4,16-18H2,1-3H3/t20-,24+,25-,26+,28?,32+/m1/s1. The Labute approximate surface area is 249 Å². The number of likely N-dealkylation sites (tertiary alicyclic amines) is 1. The second-order valence-corrected chi connectivity index (χ2v) is 11.6. The molecule has 10 heteroatoms. The van der Waals surface area contributed by atoms with E-state index < -0.39 is 35.6 Å². The summed E-state index contributed by atoms with van der Waals surface area (Å²) in [5.41, 5.74) is 0.636. The van der Waals surface area contributed by atoms with E-state index in [0.717, 1.165) is 5.56 Å². The molecule has 0 bridgehead atoms. The van der Waals surface area contributed by atoms with Gasteiger partial charge in [-0.1, -0.05) is 48.0 Å². The van der Waals surface area contributed by atoms with E-state index in [0.29, 0.717) is 35.3 Å². The zero-order chi connectivity index (χ0) is 29.8. The van der Waals surface area contributed by atoms with E-state index in [2.05, 4.69) is 0 Å². The van der Waals surface area contributed by atoms with Gasteiger partial charge in [0, 0.05) is 18.8 Å². The first kappa shape index (κ1) is 28.5. The number of carbonyl (C=O) groups excluding carboxylic acids is 3. The fraction of sp³-hybridized carbons (Fsp3) is 0.406. The van der Waals surface area contributed by atoms with Gasteiger partial charge >= 0.3 is 0 Å². The van der Waals surface area contributed by atoms with Crippen molar-refractivity contribution in [1.29, 1.82) is 0 Å². The van der Waals surface area contributed by atoms with Crippen LogP contribution in [0.5, 0.6) is 5.75 Å². The average molecular weight is 592 g/mol. The van der Waals surface area contributed by atoms with Crippen LogP contribution in [0.4, 0.5) is 11.4 Å². The van der Waals surface area contributed by atoms with Gasteiger partial charge in [0.15, 0.2) is 0 Å². The van der Waals surface area contributed by atoms with Crippen LogP contribution in [-0.2, 0) is 19.1 Å². The summed E-state index contributed by atoms with van der Waals surface area (Å²) in [6.45, 7) is 6.17. The lowest BCUT2D eigenvalue weighted by Gasteiger charge is -2.37. The van der Waals surface area contributed by atoms with Crippen LogP contribution in [0, 0.1) is 18.8 Å². The first-order valence-corrected chi connectivity index (χ1v) is 14.7. The molecule has 6 rings (SSSR count). The Morgan fingerprint density at radius 1 is 1.05 bits per heavy atom. The number of anilines is 2. The van der Waals surface area contributed by atoms with Crippen LogP contribution in [0.15, 0.2) is 66.8 Å². The maximum Gasteiger partial charge on any atom is 0.253 e. The van der Waals surface area contributed by atoms with Crippen molar-refractivity contribution in [2.24, 2.45) is 11.8 Å². The van der Waals surface area contributed by atoms with Gasteiger partial charge < -0.3 is 29.3 Å². The molecule has 4 heterocycles. The lowest BCUT2D eigenvalue weighted by molar-refractivity contribution is -0.143. The van der Waals surface area contributed by atoms with Crippen LogP contribution in [-0.4, -0.2) is 77.8 Å². The molecule has 2 saturated heterocycles. The summed E-state index contributed by atoms with van der Waals surface area (Å²) in [5, 5.41) is 10.6. The number of aliphatic hydroxyl groups is 1. The molecule has 9 nitrogen and oxygen atoms in total. The number of aliphatic hydroxyl groups excluding tert-OH is 1. The van der Waals surface area contributed by atoms with Gasteiger partial charge in [0.1, 0.15) is 17.4 Å². The van der Waals surface area contributed by atoms with E-state index in [-0.39, 0.29) is 30.9 Å². The van der Waals surface area contributed by atoms with E-state index in [1.54, 1.807) is 28.9 Å². The highest BCUT2D eigenvalue weighted by Gasteiger charge is 2.72. The number of ether oxygens (including phenoxy) is 2. The van der Waals surface area contributed by atoms with Crippen LogP contribution in [0.3, 0.4) is 0 Å². The fourth-order valence-electron chi connectivity index (χ4n) is 6.93. The van der Waals surface area contributed by atoms with Crippen LogP contribution < -0.4 is 14.5 Å². The van der Waals surface area contributed by atoms with E-state index >= 15 is 0 Å². The fourth-order valence-corrected chi connectivity index (χ4v) is 7.25. The monoisotopic (exact) mass is 591 g/mol. The number of benzene rings is 2. The van der Waals surface area contributed by atoms with Crippen LogP contribution in [0.25, 0.3) is 0 Å². The topological polar surface area (TPSA) is 99.6 Å². The van der Waals surface area contributed by atoms with Gasteiger partial charge in [-0.25, -0.2) is 0 Å². The third-order valence-corrected chi connectivity index (χ3v) is 9.06. The second kappa shape index (κ2) is 10.9. The summed E-state index contributed by atoms with van der Waals surface area (Å²) in [5.74, 6) is -2.15. The SMILES string of the molecule is CCOc1ccc(N2CC=C[C@@H]3O[C@]45C=CCN(c6c(C)cccc6Cl)C(=O)C4N([C@H](C)CO)C(=O)[C@@H]5[C@@H]3C2=O)cc1. The largest absolute Gasteiger partial charge is 0.494 e. The molecule has 3 amide bonds. The molecule has 4 aliphatic rings. The van der Waals surface area contributed by atoms with Gasteiger partial charge in [-0.05, 0) is 56.7 Å². The van der Waals surface area contributed by atoms with Crippen molar-refractivity contribution >= 4 is 40.7 Å². The Bertz CT molecular complexity index is 1450. The number of carbonyl (C=O) groups is 3. The molecular weight excluding hydrogens is 558 g/mol. The summed E-state index contributed by atoms with van der Waals surface area (Å²) < 4.78 is 12.3. The second-order valence-electron chi connectivity index (χ2n) is 11.2. The number of aryl methyl sites for hydroxylation is 1. The first-order valence-electron chi connectivity index (χ1n) is 14.3. The Hall–Kier alpha value is -3.66. The Balaban J connectivity index is 1.43. The lowest BCUT2D eigenvalue weighted by Crippen LogP contribution is -2.57. The van der Waals surface area contributed by atoms with Crippen LogP contribution in [0.1, 0.15) is 19.4 Å². The predicted octanol–water partition coefficient (Wildman–Crippen LogP) is 3.51. The maximum absolute atomic E-state index is 14.5. The Morgan fingerprint density at radius 3 is 2.48 bits per heavy atom. The molecule has 2 fully saturated rings. The summed E-state index contributed by atoms with van der Waals surface area (Å²) in [4.78, 5) is 47.8. The molecule has 1 N–H and O–H groups in total. The Morgan fingerprint density at radius 2 is 1.79 bits per heavy atom. The number of para-hydroxylation sites is 1. The number of fused-ring (bicyclic) bond motifs is 2. The molecule has 0 aliphatic carbocycles. The smallest absolute Gasteiger partial charge is 0.253 e. The van der Waals surface area contributed by atoms with Crippen molar-refractivity contribution in [2.75, 3.05) is 36.1 Å². The van der Waals surface area contributed by atoms with Gasteiger partial charge in [-0.3, -0.25) is 14.4 Å². The molecule has 1 spiro atoms. The number of halogens is 1. The van der Waals surface area contributed by atoms with E-state index in [1.165, 1.54) is 4.90 Å². The lowest BCUT2D eigenvalue weighted by atomic mass is 9.77. The average Bonchev–Trinajstić information content (AvgIpc) is 3.30. The molecule has 42 heavy (non-hydrogen) atoms. The molecule has 2 aromatic carbocycles. The predicted molar refractivity (Wildman–Crippen MR) is 159 cm³/mol. The molecule has 6 atom stereocenters. The quantitative estimate of drug-likeness (QED) is 0.516. The zero-order valence-electron chi connectivity index (χ0n) is 23.8. The highest BCUT2D eigenvalue weighted by molar-refractivity contribution is 6.34. The van der Waals surface area contributed by atoms with Crippen molar-refractivity contribution in [3.05, 3.63) is 77.4 Å². The third kappa shape index (κ3) is 4.25. The molecule has 0 aromatic heterocycles. The van der Waals surface area contributed by atoms with E-state index in [1.807, 2.05) is 68.5 Å².